The molecule has 1 aliphatic carbocycles. The summed E-state index contributed by atoms with van der Waals surface area (Å²) in [5.41, 5.74) is 4.26. The first-order valence-electron chi connectivity index (χ1n) is 11.9. The molecule has 1 saturated carbocycles. The van der Waals surface area contributed by atoms with Crippen molar-refractivity contribution >= 4 is 17.6 Å². The second kappa shape index (κ2) is 10.7. The first kappa shape index (κ1) is 25.0. The molecule has 1 aliphatic rings. The quantitative estimate of drug-likeness (QED) is 0.401. The molecular weight excluding hydrogens is 464 g/mol. The summed E-state index contributed by atoms with van der Waals surface area (Å²) in [7, 11) is 3.73. The standard InChI is InChI=1S/C28H31ClN2O4/c1-18(22-6-4-5-7-26(22)35-3)30(2)17-25-23(20-12-13-20)16-24(29)27(32)31(25)15-14-19-8-10-21(11-9-19)28(33)34/h4-11,16,18,20H,12-15,17H2,1-3H3,(H,33,34)/t18-/m0/s1. The van der Waals surface area contributed by atoms with Crippen molar-refractivity contribution in [3.05, 3.63) is 97.9 Å². The van der Waals surface area contributed by atoms with Gasteiger partial charge < -0.3 is 14.4 Å². The van der Waals surface area contributed by atoms with E-state index in [4.69, 9.17) is 21.4 Å². The molecule has 0 bridgehead atoms. The lowest BCUT2D eigenvalue weighted by molar-refractivity contribution is 0.0697. The Morgan fingerprint density at radius 2 is 1.89 bits per heavy atom. The molecular formula is C28H31ClN2O4. The lowest BCUT2D eigenvalue weighted by Crippen LogP contribution is -2.31. The molecule has 7 heteroatoms. The second-order valence-corrected chi connectivity index (χ2v) is 9.62. The molecule has 3 aromatic rings. The maximum absolute atomic E-state index is 13.2. The number of aromatic carboxylic acids is 1. The number of hydrogen-bond acceptors (Lipinski definition) is 4. The molecule has 0 amide bonds. The molecule has 1 aromatic heterocycles. The summed E-state index contributed by atoms with van der Waals surface area (Å²) >= 11 is 6.41. The van der Waals surface area contributed by atoms with E-state index in [1.54, 1.807) is 31.4 Å². The van der Waals surface area contributed by atoms with Crippen LogP contribution >= 0.6 is 11.6 Å². The number of carbonyl (C=O) groups is 1. The van der Waals surface area contributed by atoms with E-state index in [-0.39, 0.29) is 22.2 Å². The third-order valence-corrected chi connectivity index (χ3v) is 7.15. The fraction of sp³-hybridized carbons (Fsp3) is 0.357. The van der Waals surface area contributed by atoms with Crippen LogP contribution < -0.4 is 10.3 Å². The topological polar surface area (TPSA) is 71.8 Å². The number of hydrogen-bond donors (Lipinski definition) is 1. The predicted octanol–water partition coefficient (Wildman–Crippen LogP) is 5.52. The molecule has 1 fully saturated rings. The average molecular weight is 495 g/mol. The van der Waals surface area contributed by atoms with E-state index in [1.807, 2.05) is 28.8 Å². The van der Waals surface area contributed by atoms with Crippen molar-refractivity contribution in [3.63, 3.8) is 0 Å². The van der Waals surface area contributed by atoms with Gasteiger partial charge in [0.2, 0.25) is 0 Å². The van der Waals surface area contributed by atoms with Crippen molar-refractivity contribution in [2.24, 2.45) is 0 Å². The number of rotatable bonds is 10. The van der Waals surface area contributed by atoms with Crippen molar-refractivity contribution in [1.29, 1.82) is 0 Å². The number of halogens is 1. The Kier molecular flexibility index (Phi) is 7.63. The van der Waals surface area contributed by atoms with Crippen molar-refractivity contribution < 1.29 is 14.6 Å². The van der Waals surface area contributed by atoms with Gasteiger partial charge in [-0.15, -0.1) is 0 Å². The summed E-state index contributed by atoms with van der Waals surface area (Å²) in [5.74, 6) is 0.318. The minimum absolute atomic E-state index is 0.0704. The zero-order valence-electron chi connectivity index (χ0n) is 20.3. The number of carboxylic acid groups (broad SMARTS) is 1. The maximum atomic E-state index is 13.2. The molecule has 4 rings (SSSR count). The molecule has 0 saturated heterocycles. The highest BCUT2D eigenvalue weighted by atomic mass is 35.5. The Morgan fingerprint density at radius 3 is 2.51 bits per heavy atom. The highest BCUT2D eigenvalue weighted by molar-refractivity contribution is 6.30. The van der Waals surface area contributed by atoms with E-state index in [1.165, 1.54) is 0 Å². The molecule has 2 aromatic carbocycles. The molecule has 6 nitrogen and oxygen atoms in total. The van der Waals surface area contributed by atoms with Gasteiger partial charge in [0.15, 0.2) is 0 Å². The summed E-state index contributed by atoms with van der Waals surface area (Å²) in [6.45, 7) is 3.20. The maximum Gasteiger partial charge on any atom is 0.335 e. The van der Waals surface area contributed by atoms with Gasteiger partial charge in [0.1, 0.15) is 10.8 Å². The lowest BCUT2D eigenvalue weighted by Gasteiger charge is -2.29. The number of carboxylic acids is 1. The predicted molar refractivity (Wildman–Crippen MR) is 138 cm³/mol. The van der Waals surface area contributed by atoms with Crippen LogP contribution in [0.2, 0.25) is 5.02 Å². The molecule has 1 N–H and O–H groups in total. The van der Waals surface area contributed by atoms with Crippen LogP contribution in [0.3, 0.4) is 0 Å². The van der Waals surface area contributed by atoms with Crippen molar-refractivity contribution in [1.82, 2.24) is 9.47 Å². The molecule has 1 atom stereocenters. The zero-order valence-corrected chi connectivity index (χ0v) is 21.1. The fourth-order valence-corrected chi connectivity index (χ4v) is 4.75. The Balaban J connectivity index is 1.64. The Hall–Kier alpha value is -3.09. The number of para-hydroxylation sites is 1. The number of nitrogens with zero attached hydrogens (tertiary/aromatic N) is 2. The van der Waals surface area contributed by atoms with Gasteiger partial charge in [-0.25, -0.2) is 4.79 Å². The summed E-state index contributed by atoms with van der Waals surface area (Å²) in [5, 5.41) is 9.39. The summed E-state index contributed by atoms with van der Waals surface area (Å²) in [4.78, 5) is 26.6. The van der Waals surface area contributed by atoms with Crippen LogP contribution in [0.25, 0.3) is 0 Å². The van der Waals surface area contributed by atoms with Gasteiger partial charge in [-0.05, 0) is 74.5 Å². The molecule has 184 valence electrons. The van der Waals surface area contributed by atoms with Gasteiger partial charge in [0, 0.05) is 30.4 Å². The third-order valence-electron chi connectivity index (χ3n) is 6.88. The first-order chi connectivity index (χ1) is 16.8. The van der Waals surface area contributed by atoms with Gasteiger partial charge in [-0.1, -0.05) is 41.9 Å². The van der Waals surface area contributed by atoms with E-state index in [0.29, 0.717) is 25.4 Å². The highest BCUT2D eigenvalue weighted by Crippen LogP contribution is 2.42. The van der Waals surface area contributed by atoms with Crippen LogP contribution in [-0.2, 0) is 19.5 Å². The van der Waals surface area contributed by atoms with Gasteiger partial charge in [0.25, 0.3) is 5.56 Å². The number of aryl methyl sites for hydroxylation is 1. The van der Waals surface area contributed by atoms with E-state index in [0.717, 1.165) is 41.0 Å². The van der Waals surface area contributed by atoms with Gasteiger partial charge in [0.05, 0.1) is 12.7 Å². The Morgan fingerprint density at radius 1 is 1.20 bits per heavy atom. The van der Waals surface area contributed by atoms with Crippen molar-refractivity contribution in [2.75, 3.05) is 14.2 Å². The van der Waals surface area contributed by atoms with E-state index in [9.17, 15) is 9.59 Å². The molecule has 35 heavy (non-hydrogen) atoms. The summed E-state index contributed by atoms with van der Waals surface area (Å²) in [6, 6.07) is 16.7. The van der Waals surface area contributed by atoms with Gasteiger partial charge >= 0.3 is 5.97 Å². The summed E-state index contributed by atoms with van der Waals surface area (Å²) in [6.07, 6.45) is 2.80. The van der Waals surface area contributed by atoms with Crippen LogP contribution in [0, 0.1) is 0 Å². The van der Waals surface area contributed by atoms with E-state index >= 15 is 0 Å². The van der Waals surface area contributed by atoms with Crippen LogP contribution in [0.4, 0.5) is 0 Å². The van der Waals surface area contributed by atoms with Crippen molar-refractivity contribution in [2.45, 2.75) is 51.2 Å². The molecule has 0 radical (unpaired) electrons. The van der Waals surface area contributed by atoms with E-state index < -0.39 is 5.97 Å². The largest absolute Gasteiger partial charge is 0.496 e. The number of aromatic nitrogens is 1. The number of pyridine rings is 1. The monoisotopic (exact) mass is 494 g/mol. The molecule has 0 unspecified atom stereocenters. The average Bonchev–Trinajstić information content (AvgIpc) is 3.71. The number of ether oxygens (including phenoxy) is 1. The molecule has 0 aliphatic heterocycles. The first-order valence-corrected chi connectivity index (χ1v) is 12.3. The number of methoxy groups -OCH3 is 1. The van der Waals surface area contributed by atoms with Crippen LogP contribution in [0.5, 0.6) is 5.75 Å². The minimum Gasteiger partial charge on any atom is -0.496 e. The third kappa shape index (κ3) is 5.60. The lowest BCUT2D eigenvalue weighted by atomic mass is 10.0. The minimum atomic E-state index is -0.953. The van der Waals surface area contributed by atoms with Gasteiger partial charge in [-0.3, -0.25) is 9.69 Å². The normalized spacial score (nSPS) is 14.2. The van der Waals surface area contributed by atoms with E-state index in [2.05, 4.69) is 24.9 Å². The fourth-order valence-electron chi connectivity index (χ4n) is 4.53. The number of benzene rings is 2. The van der Waals surface area contributed by atoms with Crippen LogP contribution in [-0.4, -0.2) is 34.7 Å². The van der Waals surface area contributed by atoms with Crippen LogP contribution in [0.1, 0.15) is 64.5 Å². The Labute approximate surface area is 210 Å². The zero-order chi connectivity index (χ0) is 25.1. The SMILES string of the molecule is COc1ccccc1[C@H](C)N(C)Cc1c(C2CC2)cc(Cl)c(=O)n1CCc1ccc(C(=O)O)cc1. The van der Waals surface area contributed by atoms with Gasteiger partial charge in [-0.2, -0.15) is 0 Å². The highest BCUT2D eigenvalue weighted by Gasteiger charge is 2.30. The Bertz CT molecular complexity index is 1260. The smallest absolute Gasteiger partial charge is 0.335 e. The van der Waals surface area contributed by atoms with Crippen molar-refractivity contribution in [3.8, 4) is 5.75 Å². The molecule has 1 heterocycles. The molecule has 0 spiro atoms. The second-order valence-electron chi connectivity index (χ2n) is 9.21. The van der Waals surface area contributed by atoms with Crippen LogP contribution in [0.15, 0.2) is 59.4 Å². The summed E-state index contributed by atoms with van der Waals surface area (Å²) < 4.78 is 7.38.